The lowest BCUT2D eigenvalue weighted by molar-refractivity contribution is -0.112. The number of hydrogen-bond donors (Lipinski definition) is 1. The Morgan fingerprint density at radius 2 is 1.71 bits per heavy atom. The summed E-state index contributed by atoms with van der Waals surface area (Å²) in [5, 5.41) is 14.3. The van der Waals surface area contributed by atoms with Crippen LogP contribution in [0.5, 0.6) is 11.5 Å². The highest BCUT2D eigenvalue weighted by atomic mass is 35.5. The molecule has 172 valence electrons. The first-order chi connectivity index (χ1) is 17.0. The molecule has 0 aliphatic rings. The number of hydrogen-bond acceptors (Lipinski definition) is 5. The molecule has 0 heterocycles. The molecule has 4 rings (SSSR count). The van der Waals surface area contributed by atoms with Gasteiger partial charge in [0.05, 0.1) is 12.7 Å². The number of nitrogens with one attached hydrogen (secondary N) is 1. The Balaban J connectivity index is 1.61. The minimum Gasteiger partial charge on any atom is -0.493 e. The number of nitrogens with zero attached hydrogens (tertiary/aromatic N) is 1. The zero-order valence-electron chi connectivity index (χ0n) is 18.6. The Hall–Kier alpha value is -4.60. The predicted octanol–water partition coefficient (Wildman–Crippen LogP) is 6.27. The number of esters is 1. The van der Waals surface area contributed by atoms with E-state index in [4.69, 9.17) is 21.1 Å². The number of anilines is 1. The smallest absolute Gasteiger partial charge is 0.344 e. The van der Waals surface area contributed by atoms with Crippen molar-refractivity contribution in [3.8, 4) is 17.6 Å². The first kappa shape index (κ1) is 23.6. The third-order valence-electron chi connectivity index (χ3n) is 5.16. The molecule has 0 saturated heterocycles. The molecule has 4 aromatic rings. The maximum atomic E-state index is 13.0. The highest BCUT2D eigenvalue weighted by Crippen LogP contribution is 2.31. The van der Waals surface area contributed by atoms with E-state index in [-0.39, 0.29) is 11.3 Å². The lowest BCUT2D eigenvalue weighted by Crippen LogP contribution is -2.13. The number of rotatable bonds is 6. The van der Waals surface area contributed by atoms with Gasteiger partial charge in [-0.2, -0.15) is 5.26 Å². The van der Waals surface area contributed by atoms with Crippen LogP contribution < -0.4 is 14.8 Å². The van der Waals surface area contributed by atoms with E-state index in [1.54, 1.807) is 48.5 Å². The Labute approximate surface area is 207 Å². The van der Waals surface area contributed by atoms with Crippen LogP contribution in [0, 0.1) is 11.3 Å². The zero-order chi connectivity index (χ0) is 24.8. The average Bonchev–Trinajstić information content (AvgIpc) is 2.87. The van der Waals surface area contributed by atoms with Crippen LogP contribution in [0.15, 0.2) is 90.5 Å². The first-order valence-corrected chi connectivity index (χ1v) is 10.9. The molecule has 0 aromatic heterocycles. The van der Waals surface area contributed by atoms with E-state index in [1.165, 1.54) is 19.3 Å². The summed E-state index contributed by atoms with van der Waals surface area (Å²) in [6.45, 7) is 0. The SMILES string of the molecule is COc1ccc(/C=C(\C#N)C(=O)Nc2cccc(Cl)c2)cc1OC(=O)c1cccc2ccccc12. The molecule has 0 saturated carbocycles. The molecule has 1 N–H and O–H groups in total. The van der Waals surface area contributed by atoms with Crippen LogP contribution in [0.25, 0.3) is 16.8 Å². The molecule has 6 nitrogen and oxygen atoms in total. The quantitative estimate of drug-likeness (QED) is 0.151. The molecule has 0 atom stereocenters. The molecular weight excluding hydrogens is 464 g/mol. The van der Waals surface area contributed by atoms with Crippen molar-refractivity contribution in [3.63, 3.8) is 0 Å². The topological polar surface area (TPSA) is 88.4 Å². The molecule has 0 fully saturated rings. The molecule has 0 bridgehead atoms. The number of fused-ring (bicyclic) bond motifs is 1. The molecule has 0 unspecified atom stereocenters. The van der Waals surface area contributed by atoms with E-state index in [1.807, 2.05) is 36.4 Å². The van der Waals surface area contributed by atoms with Crippen molar-refractivity contribution >= 4 is 46.0 Å². The van der Waals surface area contributed by atoms with Crippen molar-refractivity contribution in [1.82, 2.24) is 0 Å². The van der Waals surface area contributed by atoms with Gasteiger partial charge in [0.15, 0.2) is 11.5 Å². The Morgan fingerprint density at radius 3 is 2.49 bits per heavy atom. The summed E-state index contributed by atoms with van der Waals surface area (Å²) in [7, 11) is 1.46. The van der Waals surface area contributed by atoms with E-state index >= 15 is 0 Å². The van der Waals surface area contributed by atoms with E-state index < -0.39 is 11.9 Å². The fourth-order valence-electron chi connectivity index (χ4n) is 3.50. The molecular formula is C28H19ClN2O4. The normalized spacial score (nSPS) is 10.9. The molecule has 1 amide bonds. The van der Waals surface area contributed by atoms with Crippen LogP contribution in [0.4, 0.5) is 5.69 Å². The molecule has 4 aromatic carbocycles. The van der Waals surface area contributed by atoms with Gasteiger partial charge in [-0.15, -0.1) is 0 Å². The zero-order valence-corrected chi connectivity index (χ0v) is 19.4. The van der Waals surface area contributed by atoms with E-state index in [9.17, 15) is 14.9 Å². The lowest BCUT2D eigenvalue weighted by atomic mass is 10.0. The van der Waals surface area contributed by atoms with Crippen molar-refractivity contribution < 1.29 is 19.1 Å². The first-order valence-electron chi connectivity index (χ1n) is 10.5. The van der Waals surface area contributed by atoms with Crippen molar-refractivity contribution in [2.45, 2.75) is 0 Å². The number of benzene rings is 4. The maximum Gasteiger partial charge on any atom is 0.344 e. The predicted molar refractivity (Wildman–Crippen MR) is 136 cm³/mol. The minimum absolute atomic E-state index is 0.138. The average molecular weight is 483 g/mol. The summed E-state index contributed by atoms with van der Waals surface area (Å²) in [6, 6.07) is 26.2. The van der Waals surface area contributed by atoms with Crippen LogP contribution in [-0.2, 0) is 4.79 Å². The van der Waals surface area contributed by atoms with Gasteiger partial charge in [0, 0.05) is 10.7 Å². The van der Waals surface area contributed by atoms with Crippen molar-refractivity contribution in [2.75, 3.05) is 12.4 Å². The fourth-order valence-corrected chi connectivity index (χ4v) is 3.69. The van der Waals surface area contributed by atoms with Crippen LogP contribution >= 0.6 is 11.6 Å². The van der Waals surface area contributed by atoms with Gasteiger partial charge in [0.25, 0.3) is 5.91 Å². The highest BCUT2D eigenvalue weighted by Gasteiger charge is 2.16. The van der Waals surface area contributed by atoms with Gasteiger partial charge in [0.1, 0.15) is 11.6 Å². The second-order valence-corrected chi connectivity index (χ2v) is 7.90. The molecule has 0 aliphatic carbocycles. The van der Waals surface area contributed by atoms with E-state index in [2.05, 4.69) is 5.32 Å². The number of methoxy groups -OCH3 is 1. The number of halogens is 1. The van der Waals surface area contributed by atoms with Crippen molar-refractivity contribution in [2.24, 2.45) is 0 Å². The maximum absolute atomic E-state index is 13.0. The van der Waals surface area contributed by atoms with E-state index in [0.717, 1.165) is 10.8 Å². The molecule has 0 aliphatic heterocycles. The Bertz CT molecular complexity index is 1500. The van der Waals surface area contributed by atoms with Gasteiger partial charge in [0.2, 0.25) is 0 Å². The Kier molecular flexibility index (Phi) is 7.10. The summed E-state index contributed by atoms with van der Waals surface area (Å²) in [5.74, 6) is -0.662. The summed E-state index contributed by atoms with van der Waals surface area (Å²) < 4.78 is 11.0. The number of ether oxygens (including phenoxy) is 2. The highest BCUT2D eigenvalue weighted by molar-refractivity contribution is 6.31. The molecule has 35 heavy (non-hydrogen) atoms. The second-order valence-electron chi connectivity index (χ2n) is 7.46. The van der Waals surface area contributed by atoms with Crippen molar-refractivity contribution in [3.05, 3.63) is 107 Å². The van der Waals surface area contributed by atoms with Crippen LogP contribution in [0.1, 0.15) is 15.9 Å². The van der Waals surface area contributed by atoms with Crippen LogP contribution in [0.2, 0.25) is 5.02 Å². The van der Waals surface area contributed by atoms with Crippen LogP contribution in [-0.4, -0.2) is 19.0 Å². The summed E-state index contributed by atoms with van der Waals surface area (Å²) in [6.07, 6.45) is 1.40. The number of carbonyl (C=O) groups excluding carboxylic acids is 2. The third-order valence-corrected chi connectivity index (χ3v) is 5.39. The standard InChI is InChI=1S/C28H19ClN2O4/c1-34-25-13-12-18(14-20(17-30)27(32)31-22-9-5-8-21(29)16-22)15-26(25)35-28(33)24-11-4-7-19-6-2-3-10-23(19)24/h2-16H,1H3,(H,31,32)/b20-14+. The third kappa shape index (κ3) is 5.49. The molecule has 0 radical (unpaired) electrons. The molecule has 0 spiro atoms. The van der Waals surface area contributed by atoms with Crippen molar-refractivity contribution in [1.29, 1.82) is 5.26 Å². The summed E-state index contributed by atoms with van der Waals surface area (Å²) >= 11 is 5.95. The van der Waals surface area contributed by atoms with Gasteiger partial charge in [-0.05, 0) is 58.8 Å². The minimum atomic E-state index is -0.597. The van der Waals surface area contributed by atoms with E-state index in [0.29, 0.717) is 27.6 Å². The number of amides is 1. The summed E-state index contributed by atoms with van der Waals surface area (Å²) in [4.78, 5) is 25.6. The Morgan fingerprint density at radius 1 is 0.943 bits per heavy atom. The number of carbonyl (C=O) groups is 2. The van der Waals surface area contributed by atoms with Crippen LogP contribution in [0.3, 0.4) is 0 Å². The van der Waals surface area contributed by atoms with Gasteiger partial charge < -0.3 is 14.8 Å². The fraction of sp³-hybridized carbons (Fsp3) is 0.0357. The monoisotopic (exact) mass is 482 g/mol. The summed E-state index contributed by atoms with van der Waals surface area (Å²) in [5.41, 5.74) is 1.21. The lowest BCUT2D eigenvalue weighted by Gasteiger charge is -2.11. The van der Waals surface area contributed by atoms with Gasteiger partial charge >= 0.3 is 5.97 Å². The number of nitriles is 1. The molecule has 7 heteroatoms. The van der Waals surface area contributed by atoms with Gasteiger partial charge in [-0.3, -0.25) is 4.79 Å². The van der Waals surface area contributed by atoms with Gasteiger partial charge in [-0.1, -0.05) is 60.1 Å². The van der Waals surface area contributed by atoms with Gasteiger partial charge in [-0.25, -0.2) is 4.79 Å². The largest absolute Gasteiger partial charge is 0.493 e. The second kappa shape index (κ2) is 10.6.